The summed E-state index contributed by atoms with van der Waals surface area (Å²) in [5, 5.41) is 19.2. The molecule has 1 aromatic carbocycles. The van der Waals surface area contributed by atoms with E-state index in [4.69, 9.17) is 5.11 Å². The molecule has 2 nitrogen and oxygen atoms in total. The van der Waals surface area contributed by atoms with Gasteiger partial charge in [0.05, 0.1) is 6.10 Å². The van der Waals surface area contributed by atoms with Gasteiger partial charge >= 0.3 is 0 Å². The molecule has 116 valence electrons. The van der Waals surface area contributed by atoms with E-state index in [0.29, 0.717) is 19.3 Å². The fourth-order valence-corrected chi connectivity index (χ4v) is 4.18. The Balaban J connectivity index is 1.91. The average Bonchev–Trinajstić information content (AvgIpc) is 2.76. The Morgan fingerprint density at radius 2 is 1.86 bits per heavy atom. The van der Waals surface area contributed by atoms with E-state index < -0.39 is 23.2 Å². The molecule has 2 fully saturated rings. The van der Waals surface area contributed by atoms with Gasteiger partial charge in [0.2, 0.25) is 5.82 Å². The maximum Gasteiger partial charge on any atom is 0.203 e. The third-order valence-electron chi connectivity index (χ3n) is 5.69. The number of fused-ring (bicyclic) bond motifs is 1. The van der Waals surface area contributed by atoms with Gasteiger partial charge in [-0.1, -0.05) is 6.92 Å². The molecule has 2 saturated carbocycles. The molecule has 0 aliphatic heterocycles. The first-order valence-corrected chi connectivity index (χ1v) is 7.39. The van der Waals surface area contributed by atoms with Crippen LogP contribution in [0.2, 0.25) is 0 Å². The van der Waals surface area contributed by atoms with E-state index in [1.54, 1.807) is 0 Å². The van der Waals surface area contributed by atoms with Crippen molar-refractivity contribution in [2.75, 3.05) is 0 Å². The molecule has 1 aromatic rings. The van der Waals surface area contributed by atoms with Crippen molar-refractivity contribution in [3.8, 4) is 5.75 Å². The largest absolute Gasteiger partial charge is 0.503 e. The molecular formula is C16H19F3O2. The van der Waals surface area contributed by atoms with Gasteiger partial charge in [0, 0.05) is 0 Å². The van der Waals surface area contributed by atoms with Crippen molar-refractivity contribution in [3.05, 3.63) is 29.1 Å². The third-order valence-corrected chi connectivity index (χ3v) is 5.69. The number of hydrogen-bond donors (Lipinski definition) is 2. The molecule has 21 heavy (non-hydrogen) atoms. The summed E-state index contributed by atoms with van der Waals surface area (Å²) in [7, 11) is 0. The summed E-state index contributed by atoms with van der Waals surface area (Å²) in [5.74, 6) is -5.06. The maximum atomic E-state index is 14.0. The minimum Gasteiger partial charge on any atom is -0.503 e. The fourth-order valence-electron chi connectivity index (χ4n) is 4.18. The van der Waals surface area contributed by atoms with Crippen LogP contribution in [-0.2, 0) is 0 Å². The summed E-state index contributed by atoms with van der Waals surface area (Å²) in [6.45, 7) is 2.04. The van der Waals surface area contributed by atoms with E-state index in [1.807, 2.05) is 6.92 Å². The Kier molecular flexibility index (Phi) is 3.43. The molecule has 0 heterocycles. The minimum absolute atomic E-state index is 0.00578. The Morgan fingerprint density at radius 3 is 2.57 bits per heavy atom. The second-order valence-electron chi connectivity index (χ2n) is 6.69. The van der Waals surface area contributed by atoms with E-state index in [9.17, 15) is 18.3 Å². The first-order chi connectivity index (χ1) is 9.84. The SMILES string of the molecule is C[C@]12CC[C@H](c3cc(F)c(O)c(F)c3F)CC1CC[C@@H]2O. The quantitative estimate of drug-likeness (QED) is 0.773. The highest BCUT2D eigenvalue weighted by Crippen LogP contribution is 2.55. The van der Waals surface area contributed by atoms with Crippen molar-refractivity contribution in [3.63, 3.8) is 0 Å². The van der Waals surface area contributed by atoms with E-state index in [0.717, 1.165) is 18.9 Å². The molecule has 2 aliphatic rings. The number of halogens is 3. The molecule has 0 aromatic heterocycles. The predicted molar refractivity (Wildman–Crippen MR) is 71.4 cm³/mol. The highest BCUT2D eigenvalue weighted by molar-refractivity contribution is 5.34. The molecule has 4 atom stereocenters. The molecular weight excluding hydrogens is 281 g/mol. The lowest BCUT2D eigenvalue weighted by Crippen LogP contribution is -2.37. The van der Waals surface area contributed by atoms with E-state index in [1.165, 1.54) is 0 Å². The number of phenolic OH excluding ortho intramolecular Hbond substituents is 1. The van der Waals surface area contributed by atoms with Gasteiger partial charge in [-0.05, 0) is 61.0 Å². The molecule has 0 saturated heterocycles. The van der Waals surface area contributed by atoms with Crippen molar-refractivity contribution in [2.24, 2.45) is 11.3 Å². The van der Waals surface area contributed by atoms with Crippen LogP contribution in [0.5, 0.6) is 5.75 Å². The summed E-state index contributed by atoms with van der Waals surface area (Å²) in [6, 6.07) is 0.909. The first kappa shape index (κ1) is 14.7. The monoisotopic (exact) mass is 300 g/mol. The Bertz CT molecular complexity index is 575. The third kappa shape index (κ3) is 2.13. The van der Waals surface area contributed by atoms with Gasteiger partial charge in [-0.2, -0.15) is 4.39 Å². The average molecular weight is 300 g/mol. The molecule has 3 rings (SSSR count). The van der Waals surface area contributed by atoms with E-state index in [-0.39, 0.29) is 28.9 Å². The zero-order chi connectivity index (χ0) is 15.4. The number of rotatable bonds is 1. The zero-order valence-corrected chi connectivity index (χ0v) is 11.9. The van der Waals surface area contributed by atoms with Gasteiger partial charge in [-0.3, -0.25) is 0 Å². The van der Waals surface area contributed by atoms with Gasteiger partial charge in [0.1, 0.15) is 0 Å². The fraction of sp³-hybridized carbons (Fsp3) is 0.625. The van der Waals surface area contributed by atoms with Crippen molar-refractivity contribution in [1.82, 2.24) is 0 Å². The number of benzene rings is 1. The highest BCUT2D eigenvalue weighted by atomic mass is 19.2. The molecule has 0 radical (unpaired) electrons. The van der Waals surface area contributed by atoms with Gasteiger partial charge < -0.3 is 10.2 Å². The van der Waals surface area contributed by atoms with E-state index in [2.05, 4.69) is 0 Å². The molecule has 2 N–H and O–H groups in total. The van der Waals surface area contributed by atoms with Crippen LogP contribution in [0.3, 0.4) is 0 Å². The van der Waals surface area contributed by atoms with Crippen LogP contribution in [0.4, 0.5) is 13.2 Å². The van der Waals surface area contributed by atoms with Crippen LogP contribution in [0.15, 0.2) is 6.07 Å². The predicted octanol–water partition coefficient (Wildman–Crippen LogP) is 3.85. The van der Waals surface area contributed by atoms with Gasteiger partial charge in [-0.25, -0.2) is 8.78 Å². The smallest absolute Gasteiger partial charge is 0.203 e. The number of aliphatic hydroxyl groups excluding tert-OH is 1. The maximum absolute atomic E-state index is 14.0. The second kappa shape index (κ2) is 4.90. The summed E-state index contributed by atoms with van der Waals surface area (Å²) in [6.07, 6.45) is 3.17. The molecule has 5 heteroatoms. The first-order valence-electron chi connectivity index (χ1n) is 7.39. The lowest BCUT2D eigenvalue weighted by molar-refractivity contribution is 0.00836. The van der Waals surface area contributed by atoms with Gasteiger partial charge in [0.15, 0.2) is 17.4 Å². The molecule has 0 spiro atoms. The van der Waals surface area contributed by atoms with Crippen molar-refractivity contribution >= 4 is 0 Å². The van der Waals surface area contributed by atoms with Gasteiger partial charge in [-0.15, -0.1) is 0 Å². The molecule has 2 aliphatic carbocycles. The second-order valence-corrected chi connectivity index (χ2v) is 6.69. The number of hydrogen-bond acceptors (Lipinski definition) is 2. The zero-order valence-electron chi connectivity index (χ0n) is 11.9. The molecule has 1 unspecified atom stereocenters. The van der Waals surface area contributed by atoms with Crippen molar-refractivity contribution in [1.29, 1.82) is 0 Å². The lowest BCUT2D eigenvalue weighted by Gasteiger charge is -2.42. The summed E-state index contributed by atoms with van der Waals surface area (Å²) in [5.41, 5.74) is -0.160. The number of aliphatic hydroxyl groups is 1. The molecule has 0 bridgehead atoms. The number of aromatic hydroxyl groups is 1. The van der Waals surface area contributed by atoms with Gasteiger partial charge in [0.25, 0.3) is 0 Å². The standard InChI is InChI=1S/C16H19F3O2/c1-16-5-4-8(6-9(16)2-3-12(16)20)10-7-11(17)15(21)14(19)13(10)18/h7-9,12,20-21H,2-6H2,1H3/t8-,9?,12-,16-/m0/s1. The lowest BCUT2D eigenvalue weighted by atomic mass is 9.64. The van der Waals surface area contributed by atoms with Crippen molar-refractivity contribution in [2.45, 2.75) is 51.0 Å². The summed E-state index contributed by atoms with van der Waals surface area (Å²) in [4.78, 5) is 0. The van der Waals surface area contributed by atoms with E-state index >= 15 is 0 Å². The van der Waals surface area contributed by atoms with Crippen LogP contribution in [0.25, 0.3) is 0 Å². The molecule has 0 amide bonds. The van der Waals surface area contributed by atoms with Crippen LogP contribution in [0, 0.1) is 28.8 Å². The number of phenols is 1. The Labute approximate surface area is 121 Å². The highest BCUT2D eigenvalue weighted by Gasteiger charge is 2.49. The topological polar surface area (TPSA) is 40.5 Å². The van der Waals surface area contributed by atoms with Crippen LogP contribution < -0.4 is 0 Å². The van der Waals surface area contributed by atoms with Crippen LogP contribution >= 0.6 is 0 Å². The summed E-state index contributed by atoms with van der Waals surface area (Å²) < 4.78 is 41.0. The van der Waals surface area contributed by atoms with Crippen LogP contribution in [-0.4, -0.2) is 16.3 Å². The van der Waals surface area contributed by atoms with Crippen LogP contribution in [0.1, 0.15) is 50.5 Å². The summed E-state index contributed by atoms with van der Waals surface area (Å²) >= 11 is 0. The normalized spacial score (nSPS) is 35.8. The Morgan fingerprint density at radius 1 is 1.14 bits per heavy atom. The Hall–Kier alpha value is -1.23. The minimum atomic E-state index is -1.51. The van der Waals surface area contributed by atoms with Crippen molar-refractivity contribution < 1.29 is 23.4 Å².